The number of hydrogen-bond donors (Lipinski definition) is 1. The third-order valence-electron chi connectivity index (χ3n) is 4.57. The highest BCUT2D eigenvalue weighted by Gasteiger charge is 2.33. The highest BCUT2D eigenvalue weighted by atomic mass is 19.3. The molecule has 1 fully saturated rings. The summed E-state index contributed by atoms with van der Waals surface area (Å²) in [5, 5.41) is 3.19. The predicted molar refractivity (Wildman–Crippen MR) is 79.3 cm³/mol. The lowest BCUT2D eigenvalue weighted by molar-refractivity contribution is -0.124. The number of anilines is 1. The number of carbonyl (C=O) groups is 1. The van der Waals surface area contributed by atoms with Gasteiger partial charge in [0, 0.05) is 18.2 Å². The van der Waals surface area contributed by atoms with Crippen molar-refractivity contribution in [2.24, 2.45) is 11.8 Å². The molecule has 1 saturated heterocycles. The van der Waals surface area contributed by atoms with E-state index in [-0.39, 0.29) is 17.6 Å². The Morgan fingerprint density at radius 3 is 2.82 bits per heavy atom. The number of aryl methyl sites for hydroxylation is 1. The topological polar surface area (TPSA) is 41.6 Å². The van der Waals surface area contributed by atoms with Crippen molar-refractivity contribution < 1.29 is 18.3 Å². The lowest BCUT2D eigenvalue weighted by atomic mass is 9.87. The van der Waals surface area contributed by atoms with Gasteiger partial charge in [-0.15, -0.1) is 0 Å². The van der Waals surface area contributed by atoms with Crippen molar-refractivity contribution in [1.29, 1.82) is 0 Å². The monoisotopic (exact) mass is 310 g/mol. The fourth-order valence-corrected chi connectivity index (χ4v) is 3.09. The first-order valence-corrected chi connectivity index (χ1v) is 7.66. The number of benzene rings is 1. The van der Waals surface area contributed by atoms with Gasteiger partial charge < -0.3 is 15.0 Å². The molecule has 0 aliphatic carbocycles. The predicted octanol–water partition coefficient (Wildman–Crippen LogP) is 2.42. The molecule has 0 saturated carbocycles. The van der Waals surface area contributed by atoms with Gasteiger partial charge >= 0.3 is 6.61 Å². The van der Waals surface area contributed by atoms with Gasteiger partial charge in [0.15, 0.2) is 0 Å². The summed E-state index contributed by atoms with van der Waals surface area (Å²) in [6.45, 7) is 1.59. The number of fused-ring (bicyclic) bond motifs is 1. The van der Waals surface area contributed by atoms with Gasteiger partial charge in [0.2, 0.25) is 5.91 Å². The molecule has 6 heteroatoms. The van der Waals surface area contributed by atoms with E-state index in [1.807, 2.05) is 6.92 Å². The lowest BCUT2D eigenvalue weighted by Gasteiger charge is -2.37. The van der Waals surface area contributed by atoms with Crippen LogP contribution in [0.5, 0.6) is 5.75 Å². The number of rotatable bonds is 4. The van der Waals surface area contributed by atoms with Crippen LogP contribution in [0, 0.1) is 11.8 Å². The summed E-state index contributed by atoms with van der Waals surface area (Å²) in [5.74, 6) is 0.637. The number of halogens is 2. The van der Waals surface area contributed by atoms with Crippen LogP contribution >= 0.6 is 0 Å². The first-order valence-electron chi connectivity index (χ1n) is 7.66. The minimum Gasteiger partial charge on any atom is -0.435 e. The first kappa shape index (κ1) is 15.2. The first-order chi connectivity index (χ1) is 10.6. The van der Waals surface area contributed by atoms with E-state index in [0.29, 0.717) is 12.5 Å². The van der Waals surface area contributed by atoms with E-state index in [1.54, 1.807) is 17.0 Å². The number of nitrogens with one attached hydrogen (secondary N) is 1. The summed E-state index contributed by atoms with van der Waals surface area (Å²) in [4.78, 5) is 14.5. The Kier molecular flexibility index (Phi) is 4.29. The third-order valence-corrected chi connectivity index (χ3v) is 4.57. The maximum absolute atomic E-state index is 12.7. The van der Waals surface area contributed by atoms with Gasteiger partial charge in [-0.1, -0.05) is 6.92 Å². The van der Waals surface area contributed by atoms with Gasteiger partial charge in [0.1, 0.15) is 5.75 Å². The maximum atomic E-state index is 12.7. The van der Waals surface area contributed by atoms with Crippen molar-refractivity contribution in [3.63, 3.8) is 0 Å². The average molecular weight is 310 g/mol. The molecule has 4 nitrogen and oxygen atoms in total. The molecule has 1 aromatic carbocycles. The molecular weight excluding hydrogens is 290 g/mol. The van der Waals surface area contributed by atoms with Gasteiger partial charge in [-0.3, -0.25) is 4.79 Å². The minimum absolute atomic E-state index is 0.0239. The molecular formula is C16H20F2N2O2. The van der Waals surface area contributed by atoms with Crippen LogP contribution in [-0.2, 0) is 11.2 Å². The highest BCUT2D eigenvalue weighted by Crippen LogP contribution is 2.33. The van der Waals surface area contributed by atoms with Crippen LogP contribution in [0.2, 0.25) is 0 Å². The summed E-state index contributed by atoms with van der Waals surface area (Å²) in [5.41, 5.74) is 1.73. The van der Waals surface area contributed by atoms with E-state index in [4.69, 9.17) is 0 Å². The van der Waals surface area contributed by atoms with Crippen LogP contribution in [-0.4, -0.2) is 32.2 Å². The molecule has 120 valence electrons. The van der Waals surface area contributed by atoms with E-state index < -0.39 is 6.61 Å². The summed E-state index contributed by atoms with van der Waals surface area (Å²) in [6, 6.07) is 4.85. The van der Waals surface area contributed by atoms with E-state index >= 15 is 0 Å². The van der Waals surface area contributed by atoms with Crippen molar-refractivity contribution in [1.82, 2.24) is 5.32 Å². The second-order valence-corrected chi connectivity index (χ2v) is 5.97. The zero-order valence-electron chi connectivity index (χ0n) is 12.5. The fourth-order valence-electron chi connectivity index (χ4n) is 3.09. The van der Waals surface area contributed by atoms with Gasteiger partial charge in [-0.25, -0.2) is 0 Å². The standard InChI is InChI=1S/C16H20F2N2O2/c1-10(12-8-19-9-12)15(21)20-6-2-3-11-7-13(22-16(17)18)4-5-14(11)20/h4-5,7,10,12,16,19H,2-3,6,8-9H2,1H3. The number of ether oxygens (including phenoxy) is 1. The molecule has 2 heterocycles. The van der Waals surface area contributed by atoms with E-state index in [1.165, 1.54) is 6.07 Å². The van der Waals surface area contributed by atoms with Crippen LogP contribution in [0.25, 0.3) is 0 Å². The van der Waals surface area contributed by atoms with Crippen molar-refractivity contribution in [2.45, 2.75) is 26.4 Å². The van der Waals surface area contributed by atoms with Gasteiger partial charge in [-0.05, 0) is 55.6 Å². The molecule has 1 amide bonds. The lowest BCUT2D eigenvalue weighted by Crippen LogP contribution is -2.51. The second-order valence-electron chi connectivity index (χ2n) is 5.97. The quantitative estimate of drug-likeness (QED) is 0.928. The number of nitrogens with zero attached hydrogens (tertiary/aromatic N) is 1. The SMILES string of the molecule is CC(C(=O)N1CCCc2cc(OC(F)F)ccc21)C1CNC1. The van der Waals surface area contributed by atoms with E-state index in [0.717, 1.165) is 37.2 Å². The summed E-state index contributed by atoms with van der Waals surface area (Å²) in [7, 11) is 0. The van der Waals surface area contributed by atoms with E-state index in [2.05, 4.69) is 10.1 Å². The Labute approximate surface area is 128 Å². The molecule has 0 aromatic heterocycles. The van der Waals surface area contributed by atoms with Crippen molar-refractivity contribution in [2.75, 3.05) is 24.5 Å². The molecule has 1 unspecified atom stereocenters. The van der Waals surface area contributed by atoms with Crippen LogP contribution in [0.3, 0.4) is 0 Å². The molecule has 3 rings (SSSR count). The minimum atomic E-state index is -2.83. The highest BCUT2D eigenvalue weighted by molar-refractivity contribution is 5.96. The summed E-state index contributed by atoms with van der Waals surface area (Å²) in [6.07, 6.45) is 1.62. The van der Waals surface area contributed by atoms with Crippen LogP contribution in [0.1, 0.15) is 18.9 Å². The van der Waals surface area contributed by atoms with E-state index in [9.17, 15) is 13.6 Å². The Morgan fingerprint density at radius 1 is 1.41 bits per heavy atom. The summed E-state index contributed by atoms with van der Waals surface area (Å²) < 4.78 is 29.1. The van der Waals surface area contributed by atoms with Gasteiger partial charge in [-0.2, -0.15) is 8.78 Å². The number of hydrogen-bond acceptors (Lipinski definition) is 3. The Balaban J connectivity index is 1.80. The van der Waals surface area contributed by atoms with Crippen LogP contribution in [0.4, 0.5) is 14.5 Å². The molecule has 22 heavy (non-hydrogen) atoms. The molecule has 2 aliphatic heterocycles. The zero-order valence-corrected chi connectivity index (χ0v) is 12.5. The maximum Gasteiger partial charge on any atom is 0.387 e. The van der Waals surface area contributed by atoms with Crippen molar-refractivity contribution in [3.05, 3.63) is 23.8 Å². The Bertz CT molecular complexity index is 561. The zero-order chi connectivity index (χ0) is 15.7. The third kappa shape index (κ3) is 2.92. The molecule has 0 spiro atoms. The normalized spacial score (nSPS) is 19.5. The molecule has 1 aromatic rings. The van der Waals surface area contributed by atoms with Crippen LogP contribution < -0.4 is 15.0 Å². The largest absolute Gasteiger partial charge is 0.435 e. The number of carbonyl (C=O) groups excluding carboxylic acids is 1. The fraction of sp³-hybridized carbons (Fsp3) is 0.562. The molecule has 2 aliphatic rings. The van der Waals surface area contributed by atoms with Gasteiger partial charge in [0.25, 0.3) is 0 Å². The number of amides is 1. The second kappa shape index (κ2) is 6.20. The molecule has 0 bridgehead atoms. The number of alkyl halides is 2. The van der Waals surface area contributed by atoms with Crippen LogP contribution in [0.15, 0.2) is 18.2 Å². The van der Waals surface area contributed by atoms with Crippen molar-refractivity contribution >= 4 is 11.6 Å². The molecule has 1 atom stereocenters. The Hall–Kier alpha value is -1.69. The smallest absolute Gasteiger partial charge is 0.387 e. The summed E-state index contributed by atoms with van der Waals surface area (Å²) >= 11 is 0. The Morgan fingerprint density at radius 2 is 2.18 bits per heavy atom. The molecule has 1 N–H and O–H groups in total. The average Bonchev–Trinajstić information content (AvgIpc) is 2.43. The van der Waals surface area contributed by atoms with Crippen molar-refractivity contribution in [3.8, 4) is 5.75 Å². The van der Waals surface area contributed by atoms with Gasteiger partial charge in [0.05, 0.1) is 0 Å². The molecule has 0 radical (unpaired) electrons.